The average Bonchev–Trinajstić information content (AvgIpc) is 3.12. The summed E-state index contributed by atoms with van der Waals surface area (Å²) in [5.41, 5.74) is 1.74. The molecule has 3 aliphatic carbocycles. The monoisotopic (exact) mass is 540 g/mol. The molecule has 0 radical (unpaired) electrons. The van der Waals surface area contributed by atoms with E-state index in [1.165, 1.54) is 18.4 Å². The smallest absolute Gasteiger partial charge is 0.333 e. The van der Waals surface area contributed by atoms with Gasteiger partial charge >= 0.3 is 11.9 Å². The van der Waals surface area contributed by atoms with Gasteiger partial charge in [-0.1, -0.05) is 76.7 Å². The number of unbranched alkanes of at least 4 members (excludes halogenated alkanes) is 4. The molecule has 1 spiro atoms. The number of hydrogen-bond acceptors (Lipinski definition) is 5. The number of rotatable bonds is 10. The lowest BCUT2D eigenvalue weighted by Crippen LogP contribution is -2.50. The molecule has 5 atom stereocenters. The largest absolute Gasteiger partial charge is 0.459 e. The first-order valence-electron chi connectivity index (χ1n) is 15.1. The third-order valence-corrected chi connectivity index (χ3v) is 10.3. The molecule has 2 bridgehead atoms. The Hall–Kier alpha value is -2.17. The Morgan fingerprint density at radius 3 is 2.33 bits per heavy atom. The molecule has 5 nitrogen and oxygen atoms in total. The summed E-state index contributed by atoms with van der Waals surface area (Å²) in [5, 5.41) is 0. The number of hydrogen-bond donors (Lipinski definition) is 0. The summed E-state index contributed by atoms with van der Waals surface area (Å²) >= 11 is 0. The van der Waals surface area contributed by atoms with Gasteiger partial charge in [0.15, 0.2) is 5.78 Å². The molecule has 0 aliphatic heterocycles. The van der Waals surface area contributed by atoms with Crippen LogP contribution in [-0.2, 0) is 23.9 Å². The molecule has 0 amide bonds. The first kappa shape index (κ1) is 31.4. The molecule has 0 aromatic carbocycles. The normalized spacial score (nSPS) is 31.3. The Balaban J connectivity index is 1.95. The highest BCUT2D eigenvalue weighted by Crippen LogP contribution is 2.62. The van der Waals surface area contributed by atoms with Gasteiger partial charge in [-0.25, -0.2) is 4.79 Å². The number of allylic oxidation sites excluding steroid dienone is 4. The van der Waals surface area contributed by atoms with E-state index >= 15 is 0 Å². The van der Waals surface area contributed by atoms with Crippen molar-refractivity contribution in [2.75, 3.05) is 6.61 Å². The Kier molecular flexibility index (Phi) is 9.76. The molecule has 5 heteroatoms. The number of ketones is 1. The number of carbonyl (C=O) groups excluding carboxylic acids is 3. The SMILES string of the molecule is CCCCCCCC(=O)O[C@]1(C)C[C@@H](C)C23C=C(C)CC2CC(COC(=O)C(C)=C(C)C)=CC(C3=O)C1(C)C. The van der Waals surface area contributed by atoms with Crippen LogP contribution in [0.25, 0.3) is 0 Å². The maximum atomic E-state index is 14.6. The zero-order valence-corrected chi connectivity index (χ0v) is 26.0. The quantitative estimate of drug-likeness (QED) is 0.121. The molecular formula is C34H52O5. The van der Waals surface area contributed by atoms with Gasteiger partial charge in [0.25, 0.3) is 0 Å². The molecule has 0 aromatic rings. The zero-order valence-electron chi connectivity index (χ0n) is 26.0. The van der Waals surface area contributed by atoms with Crippen molar-refractivity contribution in [3.05, 3.63) is 34.4 Å². The third kappa shape index (κ3) is 6.12. The van der Waals surface area contributed by atoms with Crippen molar-refractivity contribution >= 4 is 17.7 Å². The molecule has 0 saturated heterocycles. The van der Waals surface area contributed by atoms with Crippen LogP contribution in [0.4, 0.5) is 0 Å². The van der Waals surface area contributed by atoms with Crippen LogP contribution in [0, 0.1) is 28.6 Å². The fourth-order valence-electron chi connectivity index (χ4n) is 7.22. The van der Waals surface area contributed by atoms with Crippen LogP contribution in [0.2, 0.25) is 0 Å². The second-order valence-corrected chi connectivity index (χ2v) is 13.6. The summed E-state index contributed by atoms with van der Waals surface area (Å²) < 4.78 is 12.1. The van der Waals surface area contributed by atoms with E-state index in [0.717, 1.165) is 43.3 Å². The van der Waals surface area contributed by atoms with E-state index in [1.54, 1.807) is 6.92 Å². The fourth-order valence-corrected chi connectivity index (χ4v) is 7.22. The van der Waals surface area contributed by atoms with Gasteiger partial charge in [0.1, 0.15) is 12.2 Å². The van der Waals surface area contributed by atoms with E-state index in [4.69, 9.17) is 9.47 Å². The highest BCUT2D eigenvalue weighted by atomic mass is 16.6. The number of esters is 2. The Morgan fingerprint density at radius 2 is 1.69 bits per heavy atom. The van der Waals surface area contributed by atoms with Gasteiger partial charge in [0.2, 0.25) is 0 Å². The van der Waals surface area contributed by atoms with Crippen molar-refractivity contribution in [3.8, 4) is 0 Å². The molecular weight excluding hydrogens is 488 g/mol. The molecule has 0 aromatic heterocycles. The number of Topliss-reactive ketones (excluding diaryl/α,β-unsaturated/α-hetero) is 1. The zero-order chi connectivity index (χ0) is 29.2. The second kappa shape index (κ2) is 12.1. The Morgan fingerprint density at radius 1 is 1.03 bits per heavy atom. The minimum Gasteiger partial charge on any atom is -0.459 e. The lowest BCUT2D eigenvalue weighted by Gasteiger charge is -2.46. The summed E-state index contributed by atoms with van der Waals surface area (Å²) in [5.74, 6) is -0.571. The molecule has 3 aliphatic rings. The summed E-state index contributed by atoms with van der Waals surface area (Å²) in [6, 6.07) is 0. The van der Waals surface area contributed by atoms with E-state index in [9.17, 15) is 14.4 Å². The first-order chi connectivity index (χ1) is 18.2. The highest BCUT2D eigenvalue weighted by Gasteiger charge is 2.64. The predicted octanol–water partition coefficient (Wildman–Crippen LogP) is 8.08. The molecule has 1 saturated carbocycles. The van der Waals surface area contributed by atoms with Crippen molar-refractivity contribution in [1.29, 1.82) is 0 Å². The van der Waals surface area contributed by atoms with Crippen LogP contribution >= 0.6 is 0 Å². The lowest BCUT2D eigenvalue weighted by molar-refractivity contribution is -0.178. The van der Waals surface area contributed by atoms with Crippen molar-refractivity contribution in [3.63, 3.8) is 0 Å². The van der Waals surface area contributed by atoms with Gasteiger partial charge in [-0.15, -0.1) is 0 Å². The maximum absolute atomic E-state index is 14.6. The van der Waals surface area contributed by atoms with Crippen molar-refractivity contribution in [2.24, 2.45) is 28.6 Å². The standard InChI is InChI=1S/C34H52O5/c1-10-11-12-13-14-15-29(35)39-33(9)20-24(5)34-19-23(4)16-27(34)17-26(18-28(30(34)36)32(33,7)8)21-38-31(37)25(6)22(2)3/h18-19,24,27-28H,10-17,20-21H2,1-9H3/t24-,27?,28?,33-,34?/m1/s1. The van der Waals surface area contributed by atoms with Crippen molar-refractivity contribution in [2.45, 2.75) is 126 Å². The molecule has 3 unspecified atom stereocenters. The predicted molar refractivity (Wildman–Crippen MR) is 156 cm³/mol. The fraction of sp³-hybridized carbons (Fsp3) is 0.735. The number of carbonyl (C=O) groups is 3. The average molecular weight is 541 g/mol. The molecule has 0 heterocycles. The maximum Gasteiger partial charge on any atom is 0.333 e. The van der Waals surface area contributed by atoms with Crippen LogP contribution < -0.4 is 0 Å². The minimum absolute atomic E-state index is 0.0160. The van der Waals surface area contributed by atoms with Crippen LogP contribution in [0.5, 0.6) is 0 Å². The van der Waals surface area contributed by atoms with E-state index in [0.29, 0.717) is 18.4 Å². The van der Waals surface area contributed by atoms with E-state index in [1.807, 2.05) is 20.8 Å². The first-order valence-corrected chi connectivity index (χ1v) is 15.1. The molecule has 39 heavy (non-hydrogen) atoms. The minimum atomic E-state index is -0.806. The summed E-state index contributed by atoms with van der Waals surface area (Å²) in [7, 11) is 0. The van der Waals surface area contributed by atoms with Crippen LogP contribution in [0.15, 0.2) is 34.4 Å². The van der Waals surface area contributed by atoms with Gasteiger partial charge in [0.05, 0.1) is 5.41 Å². The van der Waals surface area contributed by atoms with Crippen molar-refractivity contribution in [1.82, 2.24) is 0 Å². The van der Waals surface area contributed by atoms with Crippen LogP contribution in [-0.4, -0.2) is 29.9 Å². The third-order valence-electron chi connectivity index (χ3n) is 10.3. The summed E-state index contributed by atoms with van der Waals surface area (Å²) in [6.45, 7) is 18.4. The van der Waals surface area contributed by atoms with Crippen LogP contribution in [0.3, 0.4) is 0 Å². The highest BCUT2D eigenvalue weighted by molar-refractivity contribution is 5.93. The van der Waals surface area contributed by atoms with Gasteiger partial charge in [0, 0.05) is 23.3 Å². The molecule has 0 N–H and O–H groups in total. The van der Waals surface area contributed by atoms with E-state index in [-0.39, 0.29) is 36.2 Å². The van der Waals surface area contributed by atoms with Gasteiger partial charge in [-0.3, -0.25) is 9.59 Å². The van der Waals surface area contributed by atoms with E-state index < -0.39 is 22.3 Å². The Labute approximate surface area is 236 Å². The van der Waals surface area contributed by atoms with E-state index in [2.05, 4.69) is 46.8 Å². The van der Waals surface area contributed by atoms with Gasteiger partial charge in [-0.05, 0) is 77.7 Å². The lowest BCUT2D eigenvalue weighted by atomic mass is 9.63. The van der Waals surface area contributed by atoms with Gasteiger partial charge < -0.3 is 9.47 Å². The molecule has 218 valence electrons. The van der Waals surface area contributed by atoms with Gasteiger partial charge in [-0.2, -0.15) is 0 Å². The van der Waals surface area contributed by atoms with Crippen LogP contribution in [0.1, 0.15) is 120 Å². The Bertz CT molecular complexity index is 1060. The number of fused-ring (bicyclic) bond motifs is 1. The topological polar surface area (TPSA) is 69.7 Å². The summed E-state index contributed by atoms with van der Waals surface area (Å²) in [4.78, 5) is 40.4. The number of ether oxygens (including phenoxy) is 2. The summed E-state index contributed by atoms with van der Waals surface area (Å²) in [6.07, 6.45) is 12.3. The van der Waals surface area contributed by atoms with Crippen molar-refractivity contribution < 1.29 is 23.9 Å². The molecule has 3 rings (SSSR count). The molecule has 1 fully saturated rings. The second-order valence-electron chi connectivity index (χ2n) is 13.6.